The van der Waals surface area contributed by atoms with Crippen molar-refractivity contribution in [3.05, 3.63) is 23.7 Å². The number of aryl methyl sites for hydroxylation is 1. The monoisotopic (exact) mass is 296 g/mol. The molecule has 1 fully saturated rings. The molecule has 1 aromatic rings. The third-order valence-corrected chi connectivity index (χ3v) is 3.79. The number of hydrogen-bond donors (Lipinski definition) is 1. The largest absolute Gasteiger partial charge is 0.464 e. The summed E-state index contributed by atoms with van der Waals surface area (Å²) >= 11 is 0. The van der Waals surface area contributed by atoms with Crippen molar-refractivity contribution in [1.29, 1.82) is 0 Å². The predicted octanol–water partition coefficient (Wildman–Crippen LogP) is 0.628. The summed E-state index contributed by atoms with van der Waals surface area (Å²) in [5.41, 5.74) is 0. The summed E-state index contributed by atoms with van der Waals surface area (Å²) in [6.07, 6.45) is -0.202. The van der Waals surface area contributed by atoms with Crippen molar-refractivity contribution >= 4 is 5.91 Å². The van der Waals surface area contributed by atoms with E-state index in [2.05, 4.69) is 4.90 Å². The molecule has 1 aliphatic rings. The smallest absolute Gasteiger partial charge is 0.236 e. The van der Waals surface area contributed by atoms with Crippen LogP contribution in [-0.2, 0) is 16.1 Å². The molecule has 6 heteroatoms. The van der Waals surface area contributed by atoms with Crippen molar-refractivity contribution in [1.82, 2.24) is 9.80 Å². The van der Waals surface area contributed by atoms with Gasteiger partial charge in [-0.1, -0.05) is 0 Å². The molecule has 6 nitrogen and oxygen atoms in total. The minimum atomic E-state index is -0.202. The van der Waals surface area contributed by atoms with Crippen LogP contribution in [0.1, 0.15) is 18.4 Å². The van der Waals surface area contributed by atoms with E-state index in [-0.39, 0.29) is 24.7 Å². The average Bonchev–Trinajstić information content (AvgIpc) is 2.86. The molecule has 2 heterocycles. The van der Waals surface area contributed by atoms with E-state index in [0.717, 1.165) is 11.5 Å². The van der Waals surface area contributed by atoms with E-state index in [1.54, 1.807) is 11.9 Å². The average molecular weight is 296 g/mol. The molecular weight excluding hydrogens is 272 g/mol. The first-order chi connectivity index (χ1) is 9.99. The van der Waals surface area contributed by atoms with Crippen molar-refractivity contribution in [2.24, 2.45) is 0 Å². The van der Waals surface area contributed by atoms with Gasteiger partial charge in [-0.05, 0) is 26.0 Å². The van der Waals surface area contributed by atoms with Crippen molar-refractivity contribution in [2.75, 3.05) is 33.4 Å². The van der Waals surface area contributed by atoms with Crippen LogP contribution in [0.2, 0.25) is 0 Å². The molecular formula is C15H24N2O4. The second-order valence-corrected chi connectivity index (χ2v) is 5.68. The Morgan fingerprint density at radius 3 is 2.90 bits per heavy atom. The first-order valence-electron chi connectivity index (χ1n) is 7.25. The van der Waals surface area contributed by atoms with Crippen LogP contribution < -0.4 is 0 Å². The third-order valence-electron chi connectivity index (χ3n) is 3.79. The first-order valence-corrected chi connectivity index (χ1v) is 7.25. The van der Waals surface area contributed by atoms with E-state index in [4.69, 9.17) is 9.15 Å². The number of aliphatic hydroxyl groups excluding tert-OH is 1. The molecule has 0 spiro atoms. The second-order valence-electron chi connectivity index (χ2n) is 5.68. The Labute approximate surface area is 125 Å². The lowest BCUT2D eigenvalue weighted by molar-refractivity contribution is -0.136. The fraction of sp³-hybridized carbons (Fsp3) is 0.667. The summed E-state index contributed by atoms with van der Waals surface area (Å²) in [7, 11) is 1.77. The van der Waals surface area contributed by atoms with Crippen LogP contribution in [0.4, 0.5) is 0 Å². The van der Waals surface area contributed by atoms with E-state index >= 15 is 0 Å². The molecule has 2 atom stereocenters. The normalized spacial score (nSPS) is 23.2. The van der Waals surface area contributed by atoms with E-state index in [1.165, 1.54) is 0 Å². The van der Waals surface area contributed by atoms with Gasteiger partial charge in [0.15, 0.2) is 0 Å². The summed E-state index contributed by atoms with van der Waals surface area (Å²) < 4.78 is 11.0. The van der Waals surface area contributed by atoms with Gasteiger partial charge in [0, 0.05) is 19.6 Å². The van der Waals surface area contributed by atoms with Crippen molar-refractivity contribution in [3.8, 4) is 0 Å². The van der Waals surface area contributed by atoms with E-state index < -0.39 is 0 Å². The number of carbonyl (C=O) groups is 1. The fourth-order valence-corrected chi connectivity index (χ4v) is 2.39. The zero-order valence-corrected chi connectivity index (χ0v) is 12.9. The molecule has 1 N–H and O–H groups in total. The SMILES string of the molecule is Cc1ccc(CN(C)C(=O)CN2CC(CO)OCC2C)o1. The minimum absolute atomic E-state index is 0.0150. The Kier molecular flexibility index (Phi) is 5.39. The summed E-state index contributed by atoms with van der Waals surface area (Å²) in [5, 5.41) is 9.18. The predicted molar refractivity (Wildman–Crippen MR) is 77.8 cm³/mol. The number of aliphatic hydroxyl groups is 1. The van der Waals surface area contributed by atoms with Crippen molar-refractivity contribution in [3.63, 3.8) is 0 Å². The van der Waals surface area contributed by atoms with E-state index in [9.17, 15) is 9.90 Å². The fourth-order valence-electron chi connectivity index (χ4n) is 2.39. The Morgan fingerprint density at radius 2 is 2.29 bits per heavy atom. The van der Waals surface area contributed by atoms with Gasteiger partial charge in [-0.25, -0.2) is 0 Å². The number of amides is 1. The molecule has 2 unspecified atom stereocenters. The van der Waals surface area contributed by atoms with Gasteiger partial charge in [-0.15, -0.1) is 0 Å². The molecule has 0 saturated carbocycles. The number of hydrogen-bond acceptors (Lipinski definition) is 5. The first kappa shape index (κ1) is 16.0. The number of carbonyl (C=O) groups excluding carboxylic acids is 1. The zero-order valence-electron chi connectivity index (χ0n) is 12.9. The quantitative estimate of drug-likeness (QED) is 0.863. The lowest BCUT2D eigenvalue weighted by Gasteiger charge is -2.37. The molecule has 1 aromatic heterocycles. The molecule has 1 saturated heterocycles. The highest BCUT2D eigenvalue weighted by atomic mass is 16.5. The lowest BCUT2D eigenvalue weighted by Crippen LogP contribution is -2.52. The number of furan rings is 1. The minimum Gasteiger partial charge on any atom is -0.464 e. The molecule has 118 valence electrons. The van der Waals surface area contributed by atoms with Crippen LogP contribution in [0, 0.1) is 6.92 Å². The van der Waals surface area contributed by atoms with Crippen LogP contribution in [0.5, 0.6) is 0 Å². The number of rotatable bonds is 5. The van der Waals surface area contributed by atoms with Crippen molar-refractivity contribution in [2.45, 2.75) is 32.5 Å². The third kappa shape index (κ3) is 4.30. The van der Waals surface area contributed by atoms with E-state index in [0.29, 0.717) is 26.2 Å². The van der Waals surface area contributed by atoms with Gasteiger partial charge in [-0.2, -0.15) is 0 Å². The maximum Gasteiger partial charge on any atom is 0.236 e. The Balaban J connectivity index is 1.87. The Hall–Kier alpha value is -1.37. The maximum absolute atomic E-state index is 12.3. The molecule has 1 amide bonds. The number of likely N-dealkylation sites (N-methyl/N-ethyl adjacent to an activating group) is 1. The van der Waals surface area contributed by atoms with Gasteiger partial charge in [0.1, 0.15) is 11.5 Å². The standard InChI is InChI=1S/C15H24N2O4/c1-11-10-20-14(9-18)7-17(11)8-15(19)16(3)6-13-5-4-12(2)21-13/h4-5,11,14,18H,6-10H2,1-3H3. The summed E-state index contributed by atoms with van der Waals surface area (Å²) in [5.74, 6) is 1.67. The van der Waals surface area contributed by atoms with Crippen molar-refractivity contribution < 1.29 is 19.1 Å². The summed E-state index contributed by atoms with van der Waals surface area (Å²) in [6.45, 7) is 5.81. The lowest BCUT2D eigenvalue weighted by atomic mass is 10.2. The van der Waals surface area contributed by atoms with Crippen LogP contribution in [0.25, 0.3) is 0 Å². The maximum atomic E-state index is 12.3. The molecule has 0 aliphatic carbocycles. The van der Waals surface area contributed by atoms with Gasteiger partial charge in [0.2, 0.25) is 5.91 Å². The highest BCUT2D eigenvalue weighted by molar-refractivity contribution is 5.78. The topological polar surface area (TPSA) is 66.2 Å². The zero-order chi connectivity index (χ0) is 15.4. The van der Waals surface area contributed by atoms with E-state index in [1.807, 2.05) is 26.0 Å². The number of ether oxygens (including phenoxy) is 1. The van der Waals surface area contributed by atoms with Crippen LogP contribution in [-0.4, -0.2) is 66.3 Å². The molecule has 0 bridgehead atoms. The molecule has 21 heavy (non-hydrogen) atoms. The van der Waals surface area contributed by atoms with Gasteiger partial charge in [0.05, 0.1) is 32.4 Å². The number of nitrogens with zero attached hydrogens (tertiary/aromatic N) is 2. The van der Waals surface area contributed by atoms with Gasteiger partial charge in [-0.3, -0.25) is 9.69 Å². The second kappa shape index (κ2) is 7.06. The molecule has 0 aromatic carbocycles. The molecule has 2 rings (SSSR count). The molecule has 1 aliphatic heterocycles. The highest BCUT2D eigenvalue weighted by Gasteiger charge is 2.28. The van der Waals surface area contributed by atoms with Crippen LogP contribution >= 0.6 is 0 Å². The van der Waals surface area contributed by atoms with Crippen LogP contribution in [0.15, 0.2) is 16.5 Å². The highest BCUT2D eigenvalue weighted by Crippen LogP contribution is 2.13. The van der Waals surface area contributed by atoms with Gasteiger partial charge in [0.25, 0.3) is 0 Å². The number of morpholine rings is 1. The molecule has 0 radical (unpaired) electrons. The van der Waals surface area contributed by atoms with Crippen LogP contribution in [0.3, 0.4) is 0 Å². The summed E-state index contributed by atoms with van der Waals surface area (Å²) in [4.78, 5) is 16.0. The van der Waals surface area contributed by atoms with Gasteiger partial charge >= 0.3 is 0 Å². The Morgan fingerprint density at radius 1 is 1.52 bits per heavy atom. The Bertz CT molecular complexity index is 474. The van der Waals surface area contributed by atoms with Gasteiger partial charge < -0.3 is 19.2 Å². The summed E-state index contributed by atoms with van der Waals surface area (Å²) in [6, 6.07) is 3.96.